The molecule has 1 N–H and O–H groups in total. The van der Waals surface area contributed by atoms with E-state index in [0.717, 1.165) is 43.5 Å². The average molecular weight is 396 g/mol. The third-order valence-electron chi connectivity index (χ3n) is 5.18. The highest BCUT2D eigenvalue weighted by Crippen LogP contribution is 2.30. The Morgan fingerprint density at radius 3 is 2.52 bits per heavy atom. The van der Waals surface area contributed by atoms with E-state index in [4.69, 9.17) is 0 Å². The van der Waals surface area contributed by atoms with Gasteiger partial charge >= 0.3 is 0 Å². The van der Waals surface area contributed by atoms with E-state index in [1.54, 1.807) is 0 Å². The molecule has 1 aliphatic rings. The molecule has 4 rings (SSSR count). The second-order valence-electron chi connectivity index (χ2n) is 7.33. The van der Waals surface area contributed by atoms with Gasteiger partial charge in [-0.25, -0.2) is 18.7 Å². The van der Waals surface area contributed by atoms with Crippen molar-refractivity contribution in [3.63, 3.8) is 0 Å². The molecule has 0 bridgehead atoms. The molecule has 29 heavy (non-hydrogen) atoms. The van der Waals surface area contributed by atoms with Gasteiger partial charge in [-0.2, -0.15) is 0 Å². The van der Waals surface area contributed by atoms with Gasteiger partial charge in [-0.05, 0) is 44.0 Å². The number of aromatic nitrogens is 2. The van der Waals surface area contributed by atoms with Crippen molar-refractivity contribution in [3.8, 4) is 0 Å². The number of rotatable bonds is 3. The van der Waals surface area contributed by atoms with E-state index < -0.39 is 11.6 Å². The van der Waals surface area contributed by atoms with Crippen molar-refractivity contribution in [2.45, 2.75) is 32.6 Å². The number of carbonyl (C=O) groups excluding carboxylic acids is 1. The second-order valence-corrected chi connectivity index (χ2v) is 7.33. The number of benzene rings is 1. The lowest BCUT2D eigenvalue weighted by Gasteiger charge is -2.22. The molecule has 2 aromatic heterocycles. The quantitative estimate of drug-likeness (QED) is 0.679. The number of aryl methyl sites for hydroxylation is 1. The van der Waals surface area contributed by atoms with Gasteiger partial charge in [0.25, 0.3) is 5.91 Å². The summed E-state index contributed by atoms with van der Waals surface area (Å²) in [7, 11) is 0. The minimum absolute atomic E-state index is 0.119. The molecule has 1 amide bonds. The number of likely N-dealkylation sites (tertiary alicyclic amines) is 1. The van der Waals surface area contributed by atoms with Crippen LogP contribution in [-0.2, 0) is 0 Å². The Hall–Kier alpha value is -3.09. The number of nitrogens with zero attached hydrogens (tertiary/aromatic N) is 3. The van der Waals surface area contributed by atoms with Crippen LogP contribution in [0, 0.1) is 18.6 Å². The fourth-order valence-electron chi connectivity index (χ4n) is 3.63. The van der Waals surface area contributed by atoms with Crippen LogP contribution in [0.1, 0.15) is 41.7 Å². The van der Waals surface area contributed by atoms with Gasteiger partial charge in [0.2, 0.25) is 0 Å². The summed E-state index contributed by atoms with van der Waals surface area (Å²) in [6, 6.07) is 7.24. The first-order valence-electron chi connectivity index (χ1n) is 9.80. The highest BCUT2D eigenvalue weighted by Gasteiger charge is 2.23. The first kappa shape index (κ1) is 19.2. The Bertz CT molecular complexity index is 1060. The largest absolute Gasteiger partial charge is 0.354 e. The van der Waals surface area contributed by atoms with Gasteiger partial charge in [-0.15, -0.1) is 0 Å². The predicted molar refractivity (Wildman–Crippen MR) is 108 cm³/mol. The first-order valence-corrected chi connectivity index (χ1v) is 9.80. The zero-order valence-corrected chi connectivity index (χ0v) is 16.2. The molecule has 1 saturated heterocycles. The molecule has 3 heterocycles. The van der Waals surface area contributed by atoms with Crippen LogP contribution in [0.3, 0.4) is 0 Å². The lowest BCUT2D eigenvalue weighted by Crippen LogP contribution is -2.32. The van der Waals surface area contributed by atoms with Crippen molar-refractivity contribution >= 4 is 28.3 Å². The maximum absolute atomic E-state index is 13.7. The minimum Gasteiger partial charge on any atom is -0.354 e. The van der Waals surface area contributed by atoms with Crippen LogP contribution in [0.2, 0.25) is 0 Å². The summed E-state index contributed by atoms with van der Waals surface area (Å²) in [5, 5.41) is 3.76. The number of anilines is 2. The van der Waals surface area contributed by atoms with Crippen molar-refractivity contribution in [2.24, 2.45) is 0 Å². The van der Waals surface area contributed by atoms with Crippen molar-refractivity contribution in [2.75, 3.05) is 18.4 Å². The van der Waals surface area contributed by atoms with Crippen LogP contribution in [0.15, 0.2) is 36.5 Å². The number of halogens is 2. The topological polar surface area (TPSA) is 58.1 Å². The number of fused-ring (bicyclic) bond motifs is 1. The average Bonchev–Trinajstić information content (AvgIpc) is 3.00. The van der Waals surface area contributed by atoms with E-state index in [9.17, 15) is 13.6 Å². The second kappa shape index (κ2) is 8.11. The summed E-state index contributed by atoms with van der Waals surface area (Å²) >= 11 is 0. The Morgan fingerprint density at radius 1 is 1.03 bits per heavy atom. The van der Waals surface area contributed by atoms with E-state index >= 15 is 0 Å². The van der Waals surface area contributed by atoms with E-state index in [1.807, 2.05) is 24.0 Å². The van der Waals surface area contributed by atoms with Gasteiger partial charge < -0.3 is 10.2 Å². The summed E-state index contributed by atoms with van der Waals surface area (Å²) in [5.74, 6) is -2.00. The summed E-state index contributed by atoms with van der Waals surface area (Å²) in [6.07, 6.45) is 5.69. The monoisotopic (exact) mass is 396 g/mol. The maximum Gasteiger partial charge on any atom is 0.257 e. The lowest BCUT2D eigenvalue weighted by molar-refractivity contribution is 0.0762. The lowest BCUT2D eigenvalue weighted by atomic mass is 10.1. The zero-order chi connectivity index (χ0) is 20.4. The van der Waals surface area contributed by atoms with Crippen molar-refractivity contribution in [1.29, 1.82) is 0 Å². The summed E-state index contributed by atoms with van der Waals surface area (Å²) in [6.45, 7) is 3.27. The third kappa shape index (κ3) is 4.04. The van der Waals surface area contributed by atoms with Crippen molar-refractivity contribution in [3.05, 3.63) is 59.4 Å². The molecule has 150 valence electrons. The molecular weight excluding hydrogens is 374 g/mol. The predicted octanol–water partition coefficient (Wildman–Crippen LogP) is 4.98. The molecule has 1 fully saturated rings. The van der Waals surface area contributed by atoms with Crippen LogP contribution in [0.25, 0.3) is 11.0 Å². The van der Waals surface area contributed by atoms with E-state index in [-0.39, 0.29) is 5.91 Å². The molecule has 1 aromatic carbocycles. The first-order chi connectivity index (χ1) is 14.0. The fraction of sp³-hybridized carbons (Fsp3) is 0.318. The number of hydrogen-bond acceptors (Lipinski definition) is 4. The smallest absolute Gasteiger partial charge is 0.257 e. The summed E-state index contributed by atoms with van der Waals surface area (Å²) in [5.41, 5.74) is 2.54. The summed E-state index contributed by atoms with van der Waals surface area (Å²) < 4.78 is 27.1. The van der Waals surface area contributed by atoms with Gasteiger partial charge in [0.1, 0.15) is 0 Å². The number of hydrogen-bond donors (Lipinski definition) is 1. The van der Waals surface area contributed by atoms with Crippen LogP contribution >= 0.6 is 0 Å². The van der Waals surface area contributed by atoms with E-state index in [1.165, 1.54) is 12.3 Å². The van der Waals surface area contributed by atoms with Gasteiger partial charge in [-0.3, -0.25) is 4.79 Å². The molecule has 3 aromatic rings. The van der Waals surface area contributed by atoms with Gasteiger partial charge in [0.15, 0.2) is 17.3 Å². The number of nitrogens with one attached hydrogen (secondary N) is 1. The molecular formula is C22H22F2N4O. The van der Waals surface area contributed by atoms with Gasteiger partial charge in [0, 0.05) is 42.1 Å². The van der Waals surface area contributed by atoms with Crippen molar-refractivity contribution < 1.29 is 13.6 Å². The fourth-order valence-corrected chi connectivity index (χ4v) is 3.63. The molecule has 0 radical (unpaired) electrons. The Labute approximate surface area is 167 Å². The Morgan fingerprint density at radius 2 is 1.79 bits per heavy atom. The number of carbonyl (C=O) groups is 1. The minimum atomic E-state index is -0.956. The van der Waals surface area contributed by atoms with E-state index in [2.05, 4.69) is 15.3 Å². The highest BCUT2D eigenvalue weighted by molar-refractivity contribution is 6.07. The number of amides is 1. The molecule has 0 atom stereocenters. The van der Waals surface area contributed by atoms with Crippen LogP contribution in [0.4, 0.5) is 20.2 Å². The Balaban J connectivity index is 1.80. The molecule has 0 unspecified atom stereocenters. The molecule has 0 spiro atoms. The molecule has 1 aliphatic heterocycles. The highest BCUT2D eigenvalue weighted by atomic mass is 19.2. The van der Waals surface area contributed by atoms with Gasteiger partial charge in [-0.1, -0.05) is 12.8 Å². The van der Waals surface area contributed by atoms with Crippen molar-refractivity contribution in [1.82, 2.24) is 14.9 Å². The molecule has 5 nitrogen and oxygen atoms in total. The standard InChI is InChI=1S/C22H22F2N4O/c1-14-6-8-16-20(27-15-7-9-18(23)19(24)12-15)17(13-25-21(16)26-14)22(29)28-10-4-2-3-5-11-28/h6-9,12-13H,2-5,10-11H2,1H3,(H,25,26,27). The maximum atomic E-state index is 13.7. The SMILES string of the molecule is Cc1ccc2c(Nc3ccc(F)c(F)c3)c(C(=O)N3CCCCCC3)cnc2n1. The Kier molecular flexibility index (Phi) is 5.38. The zero-order valence-electron chi connectivity index (χ0n) is 16.2. The van der Waals surface area contributed by atoms with Crippen LogP contribution < -0.4 is 5.32 Å². The molecule has 7 heteroatoms. The third-order valence-corrected chi connectivity index (χ3v) is 5.18. The van der Waals surface area contributed by atoms with E-state index in [0.29, 0.717) is 41.1 Å². The van der Waals surface area contributed by atoms with Crippen LogP contribution in [0.5, 0.6) is 0 Å². The molecule has 0 aliphatic carbocycles. The molecule has 0 saturated carbocycles. The summed E-state index contributed by atoms with van der Waals surface area (Å²) in [4.78, 5) is 23.9. The van der Waals surface area contributed by atoms with Gasteiger partial charge in [0.05, 0.1) is 11.3 Å². The number of pyridine rings is 2. The van der Waals surface area contributed by atoms with Crippen LogP contribution in [-0.4, -0.2) is 33.9 Å². The normalized spacial score (nSPS) is 14.7.